The van der Waals surface area contributed by atoms with Gasteiger partial charge in [-0.3, -0.25) is 4.79 Å². The number of hydrogen-bond acceptors (Lipinski definition) is 3. The van der Waals surface area contributed by atoms with Gasteiger partial charge in [-0.15, -0.1) is 0 Å². The quantitative estimate of drug-likeness (QED) is 0.733. The van der Waals surface area contributed by atoms with Gasteiger partial charge in [-0.2, -0.15) is 0 Å². The summed E-state index contributed by atoms with van der Waals surface area (Å²) in [7, 11) is 0. The molecule has 1 atom stereocenters. The molecule has 4 nitrogen and oxygen atoms in total. The standard InChI is InChI=1S/C13H26N2O2/c1-11(10-14)9-13(17)15(7-8-16)12-5-3-2-4-6-12/h11-12,16H,2-10,14H2,1H3. The van der Waals surface area contributed by atoms with Gasteiger partial charge in [0, 0.05) is 19.0 Å². The number of rotatable bonds is 6. The number of nitrogens with zero attached hydrogens (tertiary/aromatic N) is 1. The third-order valence-corrected chi connectivity index (χ3v) is 3.60. The maximum Gasteiger partial charge on any atom is 0.223 e. The van der Waals surface area contributed by atoms with E-state index in [1.807, 2.05) is 11.8 Å². The van der Waals surface area contributed by atoms with Crippen LogP contribution in [0.1, 0.15) is 45.4 Å². The molecule has 4 heteroatoms. The number of carbonyl (C=O) groups excluding carboxylic acids is 1. The Labute approximate surface area is 104 Å². The maximum absolute atomic E-state index is 12.2. The van der Waals surface area contributed by atoms with E-state index in [-0.39, 0.29) is 18.4 Å². The van der Waals surface area contributed by atoms with E-state index in [1.165, 1.54) is 19.3 Å². The van der Waals surface area contributed by atoms with E-state index in [0.717, 1.165) is 12.8 Å². The molecular weight excluding hydrogens is 216 g/mol. The number of nitrogens with two attached hydrogens (primary N) is 1. The summed E-state index contributed by atoms with van der Waals surface area (Å²) in [6, 6.07) is 0.341. The molecule has 100 valence electrons. The molecule has 0 heterocycles. The summed E-state index contributed by atoms with van der Waals surface area (Å²) in [4.78, 5) is 14.0. The van der Waals surface area contributed by atoms with Gasteiger partial charge in [-0.25, -0.2) is 0 Å². The molecule has 1 aliphatic rings. The molecule has 1 aliphatic carbocycles. The summed E-state index contributed by atoms with van der Waals surface area (Å²) in [5.74, 6) is 0.385. The largest absolute Gasteiger partial charge is 0.395 e. The van der Waals surface area contributed by atoms with Crippen LogP contribution < -0.4 is 5.73 Å². The first-order valence-corrected chi connectivity index (χ1v) is 6.79. The fraction of sp³-hybridized carbons (Fsp3) is 0.923. The number of carbonyl (C=O) groups is 1. The summed E-state index contributed by atoms with van der Waals surface area (Å²) in [6.45, 7) is 3.07. The van der Waals surface area contributed by atoms with Crippen molar-refractivity contribution in [1.29, 1.82) is 0 Å². The molecule has 0 spiro atoms. The Morgan fingerprint density at radius 2 is 2.06 bits per heavy atom. The summed E-state index contributed by atoms with van der Waals surface area (Å²) in [5.41, 5.74) is 5.55. The van der Waals surface area contributed by atoms with Crippen molar-refractivity contribution in [3.05, 3.63) is 0 Å². The van der Waals surface area contributed by atoms with E-state index >= 15 is 0 Å². The molecule has 0 aromatic heterocycles. The molecular formula is C13H26N2O2. The fourth-order valence-corrected chi connectivity index (χ4v) is 2.51. The minimum Gasteiger partial charge on any atom is -0.395 e. The molecule has 0 radical (unpaired) electrons. The highest BCUT2D eigenvalue weighted by molar-refractivity contribution is 5.76. The maximum atomic E-state index is 12.2. The van der Waals surface area contributed by atoms with Gasteiger partial charge in [0.1, 0.15) is 0 Å². The Hall–Kier alpha value is -0.610. The van der Waals surface area contributed by atoms with Crippen LogP contribution in [0, 0.1) is 5.92 Å². The minimum absolute atomic E-state index is 0.0548. The molecule has 3 N–H and O–H groups in total. The topological polar surface area (TPSA) is 66.6 Å². The molecule has 1 fully saturated rings. The smallest absolute Gasteiger partial charge is 0.223 e. The van der Waals surface area contributed by atoms with Gasteiger partial charge in [0.15, 0.2) is 0 Å². The van der Waals surface area contributed by atoms with Crippen molar-refractivity contribution in [1.82, 2.24) is 4.90 Å². The van der Waals surface area contributed by atoms with Crippen molar-refractivity contribution in [2.24, 2.45) is 11.7 Å². The lowest BCUT2D eigenvalue weighted by atomic mass is 9.93. The van der Waals surface area contributed by atoms with Crippen LogP contribution >= 0.6 is 0 Å². The van der Waals surface area contributed by atoms with E-state index in [1.54, 1.807) is 0 Å². The van der Waals surface area contributed by atoms with Gasteiger partial charge in [-0.1, -0.05) is 26.2 Å². The number of aliphatic hydroxyl groups excluding tert-OH is 1. The van der Waals surface area contributed by atoms with E-state index in [0.29, 0.717) is 25.6 Å². The molecule has 1 unspecified atom stereocenters. The van der Waals surface area contributed by atoms with Gasteiger partial charge >= 0.3 is 0 Å². The van der Waals surface area contributed by atoms with Crippen LogP contribution in [0.3, 0.4) is 0 Å². The lowest BCUT2D eigenvalue weighted by molar-refractivity contribution is -0.135. The Morgan fingerprint density at radius 1 is 1.41 bits per heavy atom. The molecule has 17 heavy (non-hydrogen) atoms. The first kappa shape index (κ1) is 14.5. The fourth-order valence-electron chi connectivity index (χ4n) is 2.51. The van der Waals surface area contributed by atoms with Gasteiger partial charge in [-0.05, 0) is 25.3 Å². The summed E-state index contributed by atoms with van der Waals surface area (Å²) >= 11 is 0. The highest BCUT2D eigenvalue weighted by Crippen LogP contribution is 2.23. The summed E-state index contributed by atoms with van der Waals surface area (Å²) < 4.78 is 0. The zero-order valence-corrected chi connectivity index (χ0v) is 10.9. The second kappa shape index (κ2) is 7.67. The normalized spacial score (nSPS) is 19.0. The predicted molar refractivity (Wildman–Crippen MR) is 68.5 cm³/mol. The van der Waals surface area contributed by atoms with Crippen molar-refractivity contribution >= 4 is 5.91 Å². The monoisotopic (exact) mass is 242 g/mol. The molecule has 0 aliphatic heterocycles. The van der Waals surface area contributed by atoms with Crippen LogP contribution in [0.4, 0.5) is 0 Å². The van der Waals surface area contributed by atoms with Crippen LogP contribution in [0.5, 0.6) is 0 Å². The molecule has 1 rings (SSSR count). The van der Waals surface area contributed by atoms with Gasteiger partial charge in [0.2, 0.25) is 5.91 Å². The second-order valence-corrected chi connectivity index (χ2v) is 5.15. The van der Waals surface area contributed by atoms with Crippen molar-refractivity contribution in [3.8, 4) is 0 Å². The third kappa shape index (κ3) is 4.64. The summed E-state index contributed by atoms with van der Waals surface area (Å²) in [6.07, 6.45) is 6.36. The van der Waals surface area contributed by atoms with Crippen LogP contribution in [0.25, 0.3) is 0 Å². The minimum atomic E-state index is 0.0548. The Bertz CT molecular complexity index is 227. The van der Waals surface area contributed by atoms with Crippen LogP contribution in [-0.4, -0.2) is 41.7 Å². The predicted octanol–water partition coefficient (Wildman–Crippen LogP) is 1.12. The van der Waals surface area contributed by atoms with E-state index < -0.39 is 0 Å². The zero-order chi connectivity index (χ0) is 12.7. The molecule has 1 amide bonds. The third-order valence-electron chi connectivity index (χ3n) is 3.60. The van der Waals surface area contributed by atoms with Crippen molar-refractivity contribution < 1.29 is 9.90 Å². The van der Waals surface area contributed by atoms with E-state index in [4.69, 9.17) is 10.8 Å². The Kier molecular flexibility index (Phi) is 6.52. The molecule has 0 bridgehead atoms. The van der Waals surface area contributed by atoms with Gasteiger partial charge in [0.25, 0.3) is 0 Å². The van der Waals surface area contributed by atoms with Gasteiger partial charge < -0.3 is 15.7 Å². The van der Waals surface area contributed by atoms with E-state index in [2.05, 4.69) is 0 Å². The highest BCUT2D eigenvalue weighted by atomic mass is 16.3. The van der Waals surface area contributed by atoms with Crippen molar-refractivity contribution in [2.45, 2.75) is 51.5 Å². The SMILES string of the molecule is CC(CN)CC(=O)N(CCO)C1CCCCC1. The Balaban J connectivity index is 2.53. The zero-order valence-electron chi connectivity index (χ0n) is 10.9. The molecule has 0 aromatic carbocycles. The average Bonchev–Trinajstić information content (AvgIpc) is 2.36. The number of aliphatic hydroxyl groups is 1. The lowest BCUT2D eigenvalue weighted by Crippen LogP contribution is -2.43. The first-order valence-electron chi connectivity index (χ1n) is 6.79. The van der Waals surface area contributed by atoms with Gasteiger partial charge in [0.05, 0.1) is 6.61 Å². The number of hydrogen-bond donors (Lipinski definition) is 2. The first-order chi connectivity index (χ1) is 8.19. The molecule has 0 aromatic rings. The molecule has 0 saturated heterocycles. The van der Waals surface area contributed by atoms with E-state index in [9.17, 15) is 4.79 Å². The lowest BCUT2D eigenvalue weighted by Gasteiger charge is -2.34. The Morgan fingerprint density at radius 3 is 2.59 bits per heavy atom. The number of amides is 1. The van der Waals surface area contributed by atoms with Crippen LogP contribution in [-0.2, 0) is 4.79 Å². The second-order valence-electron chi connectivity index (χ2n) is 5.15. The average molecular weight is 242 g/mol. The van der Waals surface area contributed by atoms with Crippen molar-refractivity contribution in [3.63, 3.8) is 0 Å². The van der Waals surface area contributed by atoms with Crippen molar-refractivity contribution in [2.75, 3.05) is 19.7 Å². The highest BCUT2D eigenvalue weighted by Gasteiger charge is 2.25. The van der Waals surface area contributed by atoms with Crippen LogP contribution in [0.2, 0.25) is 0 Å². The molecule has 1 saturated carbocycles. The summed E-state index contributed by atoms with van der Waals surface area (Å²) in [5, 5.41) is 9.09. The van der Waals surface area contributed by atoms with Crippen LogP contribution in [0.15, 0.2) is 0 Å².